The van der Waals surface area contributed by atoms with Crippen molar-refractivity contribution in [2.24, 2.45) is 0 Å². The molecule has 1 atom stereocenters. The van der Waals surface area contributed by atoms with Gasteiger partial charge in [0.1, 0.15) is 0 Å². The first-order valence-corrected chi connectivity index (χ1v) is 8.34. The first-order chi connectivity index (χ1) is 9.95. The van der Waals surface area contributed by atoms with Crippen molar-refractivity contribution in [2.45, 2.75) is 58.0 Å². The summed E-state index contributed by atoms with van der Waals surface area (Å²) in [6, 6.07) is 6.63. The van der Waals surface area contributed by atoms with E-state index in [0.717, 1.165) is 10.6 Å². The zero-order chi connectivity index (χ0) is 15.0. The molecule has 1 aliphatic rings. The van der Waals surface area contributed by atoms with Gasteiger partial charge in [0, 0.05) is 11.8 Å². The average Bonchev–Trinajstić information content (AvgIpc) is 3.06. The molecular formula is C17H22N2OS. The summed E-state index contributed by atoms with van der Waals surface area (Å²) in [4.78, 5) is 0.906. The van der Waals surface area contributed by atoms with E-state index in [9.17, 15) is 5.11 Å². The minimum atomic E-state index is -0.515. The molecule has 1 N–H and O–H groups in total. The topological polar surface area (TPSA) is 46.0 Å². The van der Waals surface area contributed by atoms with E-state index in [4.69, 9.17) is 0 Å². The molecule has 0 bridgehead atoms. The Morgan fingerprint density at radius 3 is 2.76 bits per heavy atom. The molecule has 4 heteroatoms. The number of nitrogens with zero attached hydrogens (tertiary/aromatic N) is 2. The van der Waals surface area contributed by atoms with Crippen molar-refractivity contribution in [3.05, 3.63) is 45.5 Å². The van der Waals surface area contributed by atoms with Gasteiger partial charge in [-0.2, -0.15) is 0 Å². The lowest BCUT2D eigenvalue weighted by atomic mass is 9.89. The van der Waals surface area contributed by atoms with Gasteiger partial charge in [-0.25, -0.2) is 0 Å². The second-order valence-corrected chi connectivity index (χ2v) is 7.70. The Kier molecular flexibility index (Phi) is 3.84. The van der Waals surface area contributed by atoms with Gasteiger partial charge in [-0.1, -0.05) is 43.5 Å². The van der Waals surface area contributed by atoms with Crippen molar-refractivity contribution in [3.63, 3.8) is 0 Å². The second-order valence-electron chi connectivity index (χ2n) is 6.91. The first kappa shape index (κ1) is 14.7. The highest BCUT2D eigenvalue weighted by molar-refractivity contribution is 7.05. The van der Waals surface area contributed by atoms with E-state index in [1.807, 2.05) is 0 Å². The second kappa shape index (κ2) is 5.50. The van der Waals surface area contributed by atoms with Crippen LogP contribution in [0, 0.1) is 0 Å². The molecule has 1 unspecified atom stereocenters. The molecule has 0 saturated heterocycles. The van der Waals surface area contributed by atoms with Crippen molar-refractivity contribution in [1.29, 1.82) is 0 Å². The van der Waals surface area contributed by atoms with Crippen LogP contribution in [0.15, 0.2) is 18.2 Å². The summed E-state index contributed by atoms with van der Waals surface area (Å²) in [5.41, 5.74) is 4.97. The summed E-state index contributed by atoms with van der Waals surface area (Å²) < 4.78 is 4.04. The molecule has 3 nitrogen and oxygen atoms in total. The Bertz CT molecular complexity index is 642. The van der Waals surface area contributed by atoms with Crippen LogP contribution >= 0.6 is 11.5 Å². The molecule has 0 radical (unpaired) electrons. The predicted molar refractivity (Wildman–Crippen MR) is 85.7 cm³/mol. The molecule has 1 heterocycles. The third kappa shape index (κ3) is 3.01. The lowest BCUT2D eigenvalue weighted by Gasteiger charge is -2.19. The van der Waals surface area contributed by atoms with Gasteiger partial charge >= 0.3 is 0 Å². The lowest BCUT2D eigenvalue weighted by molar-refractivity contribution is 0.179. The molecule has 3 rings (SSSR count). The monoisotopic (exact) mass is 302 g/mol. The smallest absolute Gasteiger partial charge is 0.0957 e. The third-order valence-electron chi connectivity index (χ3n) is 4.12. The quantitative estimate of drug-likeness (QED) is 0.942. The molecule has 0 amide bonds. The van der Waals surface area contributed by atoms with Gasteiger partial charge in [0.15, 0.2) is 0 Å². The maximum absolute atomic E-state index is 10.6. The van der Waals surface area contributed by atoms with Gasteiger partial charge in [-0.05, 0) is 47.5 Å². The number of aryl methyl sites for hydroxylation is 2. The number of aliphatic hydroxyl groups is 1. The molecule has 0 spiro atoms. The van der Waals surface area contributed by atoms with Crippen LogP contribution in [0.5, 0.6) is 0 Å². The van der Waals surface area contributed by atoms with E-state index in [1.165, 1.54) is 47.5 Å². The van der Waals surface area contributed by atoms with Crippen LogP contribution in [0.4, 0.5) is 0 Å². The molecule has 21 heavy (non-hydrogen) atoms. The summed E-state index contributed by atoms with van der Waals surface area (Å²) in [7, 11) is 0. The number of hydrogen-bond acceptors (Lipinski definition) is 4. The predicted octanol–water partition coefficient (Wildman–Crippen LogP) is 3.60. The van der Waals surface area contributed by atoms with Crippen molar-refractivity contribution in [3.8, 4) is 0 Å². The van der Waals surface area contributed by atoms with Crippen LogP contribution < -0.4 is 0 Å². The van der Waals surface area contributed by atoms with Gasteiger partial charge in [-0.15, -0.1) is 5.10 Å². The normalized spacial score (nSPS) is 16.0. The van der Waals surface area contributed by atoms with Crippen molar-refractivity contribution in [1.82, 2.24) is 9.59 Å². The summed E-state index contributed by atoms with van der Waals surface area (Å²) in [6.45, 7) is 6.32. The third-order valence-corrected chi connectivity index (χ3v) is 4.94. The van der Waals surface area contributed by atoms with Gasteiger partial charge in [0.2, 0.25) is 0 Å². The van der Waals surface area contributed by atoms with Gasteiger partial charge in [0.25, 0.3) is 0 Å². The first-order valence-electron chi connectivity index (χ1n) is 7.56. The fourth-order valence-electron chi connectivity index (χ4n) is 3.00. The van der Waals surface area contributed by atoms with E-state index in [-0.39, 0.29) is 5.41 Å². The molecular weight excluding hydrogens is 280 g/mol. The highest BCUT2D eigenvalue weighted by Crippen LogP contribution is 2.32. The summed E-state index contributed by atoms with van der Waals surface area (Å²) >= 11 is 1.32. The summed E-state index contributed by atoms with van der Waals surface area (Å²) in [6.07, 6.45) is 3.76. The molecule has 1 aliphatic carbocycles. The SMILES string of the molecule is CC(C)(C)c1nnsc1C(O)Cc1ccc2c(c1)CCC2. The fourth-order valence-corrected chi connectivity index (χ4v) is 3.85. The Morgan fingerprint density at radius 2 is 2.00 bits per heavy atom. The standard InChI is InChI=1S/C17H22N2OS/c1-17(2,3)16-15(21-19-18-16)14(20)10-11-7-8-12-5-4-6-13(12)9-11/h7-9,14,20H,4-6,10H2,1-3H3. The van der Waals surface area contributed by atoms with Gasteiger partial charge in [0.05, 0.1) is 16.7 Å². The van der Waals surface area contributed by atoms with E-state index < -0.39 is 6.10 Å². The zero-order valence-corrected chi connectivity index (χ0v) is 13.7. The number of benzene rings is 1. The summed E-state index contributed by atoms with van der Waals surface area (Å²) in [5, 5.41) is 14.8. The van der Waals surface area contributed by atoms with Crippen molar-refractivity contribution < 1.29 is 5.11 Å². The Labute approximate surface area is 130 Å². The number of hydrogen-bond donors (Lipinski definition) is 1. The number of fused-ring (bicyclic) bond motifs is 1. The molecule has 2 aromatic rings. The number of aliphatic hydroxyl groups excluding tert-OH is 1. The lowest BCUT2D eigenvalue weighted by Crippen LogP contribution is -2.16. The molecule has 0 aliphatic heterocycles. The Hall–Kier alpha value is -1.26. The number of rotatable bonds is 3. The van der Waals surface area contributed by atoms with Crippen molar-refractivity contribution >= 4 is 11.5 Å². The van der Waals surface area contributed by atoms with E-state index >= 15 is 0 Å². The van der Waals surface area contributed by atoms with Gasteiger partial charge in [-0.3, -0.25) is 0 Å². The zero-order valence-electron chi connectivity index (χ0n) is 12.9. The maximum Gasteiger partial charge on any atom is 0.0957 e. The Morgan fingerprint density at radius 1 is 1.24 bits per heavy atom. The van der Waals surface area contributed by atoms with Crippen LogP contribution in [0.1, 0.15) is 60.6 Å². The molecule has 1 aromatic heterocycles. The van der Waals surface area contributed by atoms with Crippen LogP contribution in [0.3, 0.4) is 0 Å². The molecule has 112 valence electrons. The van der Waals surface area contributed by atoms with Crippen LogP contribution in [-0.2, 0) is 24.7 Å². The molecule has 0 fully saturated rings. The largest absolute Gasteiger partial charge is 0.387 e. The fraction of sp³-hybridized carbons (Fsp3) is 0.529. The number of aromatic nitrogens is 2. The minimum absolute atomic E-state index is 0.0821. The highest BCUT2D eigenvalue weighted by Gasteiger charge is 2.26. The van der Waals surface area contributed by atoms with E-state index in [2.05, 4.69) is 48.6 Å². The van der Waals surface area contributed by atoms with Crippen molar-refractivity contribution in [2.75, 3.05) is 0 Å². The maximum atomic E-state index is 10.6. The molecule has 1 aromatic carbocycles. The van der Waals surface area contributed by atoms with Crippen LogP contribution in [0.2, 0.25) is 0 Å². The van der Waals surface area contributed by atoms with E-state index in [0.29, 0.717) is 6.42 Å². The van der Waals surface area contributed by atoms with Crippen LogP contribution in [-0.4, -0.2) is 14.7 Å². The Balaban J connectivity index is 1.81. The van der Waals surface area contributed by atoms with Crippen LogP contribution in [0.25, 0.3) is 0 Å². The highest BCUT2D eigenvalue weighted by atomic mass is 32.1. The van der Waals surface area contributed by atoms with E-state index in [1.54, 1.807) is 0 Å². The van der Waals surface area contributed by atoms with Gasteiger partial charge < -0.3 is 5.11 Å². The molecule has 0 saturated carbocycles. The average molecular weight is 302 g/mol. The minimum Gasteiger partial charge on any atom is -0.387 e. The summed E-state index contributed by atoms with van der Waals surface area (Å²) in [5.74, 6) is 0.